The van der Waals surface area contributed by atoms with Crippen LogP contribution in [0.25, 0.3) is 10.9 Å². The molecule has 31 heavy (non-hydrogen) atoms. The lowest BCUT2D eigenvalue weighted by Gasteiger charge is -2.12. The van der Waals surface area contributed by atoms with E-state index in [-0.39, 0.29) is 35.1 Å². The van der Waals surface area contributed by atoms with Crippen molar-refractivity contribution in [1.82, 2.24) is 14.7 Å². The van der Waals surface area contributed by atoms with Gasteiger partial charge in [0.05, 0.1) is 42.1 Å². The van der Waals surface area contributed by atoms with E-state index in [1.54, 1.807) is 12.1 Å². The number of carbonyl (C=O) groups is 2. The van der Waals surface area contributed by atoms with Crippen molar-refractivity contribution in [2.45, 2.75) is 11.7 Å². The van der Waals surface area contributed by atoms with Crippen LogP contribution in [0, 0.1) is 0 Å². The molecule has 11 heteroatoms. The molecule has 0 bridgehead atoms. The molecule has 0 radical (unpaired) electrons. The number of nitrogens with zero attached hydrogens (tertiary/aromatic N) is 3. The summed E-state index contributed by atoms with van der Waals surface area (Å²) in [6.45, 7) is 0.140. The summed E-state index contributed by atoms with van der Waals surface area (Å²) >= 11 is 1.07. The molecule has 3 aromatic heterocycles. The molecule has 0 saturated carbocycles. The van der Waals surface area contributed by atoms with Crippen molar-refractivity contribution in [3.8, 4) is 0 Å². The van der Waals surface area contributed by atoms with E-state index >= 15 is 0 Å². The highest BCUT2D eigenvalue weighted by Crippen LogP contribution is 2.21. The smallest absolute Gasteiger partial charge is 0.337 e. The predicted octanol–water partition coefficient (Wildman–Crippen LogP) is 2.54. The highest BCUT2D eigenvalue weighted by Gasteiger charge is 2.17. The van der Waals surface area contributed by atoms with Crippen LogP contribution in [-0.4, -0.2) is 39.4 Å². The van der Waals surface area contributed by atoms with E-state index in [0.717, 1.165) is 11.8 Å². The van der Waals surface area contributed by atoms with Crippen molar-refractivity contribution in [1.29, 1.82) is 0 Å². The van der Waals surface area contributed by atoms with Crippen molar-refractivity contribution in [3.63, 3.8) is 0 Å². The monoisotopic (exact) mass is 440 g/mol. The number of ether oxygens (including phenoxy) is 1. The van der Waals surface area contributed by atoms with Crippen molar-refractivity contribution >= 4 is 40.4 Å². The molecular formula is C20H16N4O6S. The first-order valence-corrected chi connectivity index (χ1v) is 10.0. The number of thioether (sulfide) groups is 1. The summed E-state index contributed by atoms with van der Waals surface area (Å²) in [5, 5.41) is 6.83. The number of benzene rings is 1. The Balaban J connectivity index is 1.69. The second-order valence-corrected chi connectivity index (χ2v) is 7.25. The molecule has 1 aromatic carbocycles. The number of anilines is 1. The van der Waals surface area contributed by atoms with E-state index in [0.29, 0.717) is 21.8 Å². The SMILES string of the molecule is COC(=O)c1ccc2c(=O)n(Cc3ccco3)c(SCC(=O)Nc3ccon3)nc2c1. The van der Waals surface area contributed by atoms with E-state index in [2.05, 4.69) is 20.0 Å². The van der Waals surface area contributed by atoms with Crippen molar-refractivity contribution < 1.29 is 23.3 Å². The molecular weight excluding hydrogens is 424 g/mol. The fraction of sp³-hybridized carbons (Fsp3) is 0.150. The average Bonchev–Trinajstić information content (AvgIpc) is 3.48. The lowest BCUT2D eigenvalue weighted by Crippen LogP contribution is -2.25. The Hall–Kier alpha value is -3.86. The maximum Gasteiger partial charge on any atom is 0.337 e. The quantitative estimate of drug-likeness (QED) is 0.262. The number of fused-ring (bicyclic) bond motifs is 1. The zero-order valence-electron chi connectivity index (χ0n) is 16.2. The van der Waals surface area contributed by atoms with Crippen LogP contribution < -0.4 is 10.9 Å². The van der Waals surface area contributed by atoms with Gasteiger partial charge in [0.2, 0.25) is 5.91 Å². The molecule has 0 atom stereocenters. The fourth-order valence-electron chi connectivity index (χ4n) is 2.84. The molecule has 158 valence electrons. The van der Waals surface area contributed by atoms with Gasteiger partial charge in [-0.05, 0) is 30.3 Å². The maximum atomic E-state index is 13.2. The molecule has 10 nitrogen and oxygen atoms in total. The number of aromatic nitrogens is 3. The number of esters is 1. The van der Waals surface area contributed by atoms with E-state index in [4.69, 9.17) is 9.15 Å². The third kappa shape index (κ3) is 4.51. The summed E-state index contributed by atoms with van der Waals surface area (Å²) < 4.78 is 16.2. The van der Waals surface area contributed by atoms with Crippen LogP contribution in [0.1, 0.15) is 16.1 Å². The summed E-state index contributed by atoms with van der Waals surface area (Å²) in [5.41, 5.74) is 0.269. The van der Waals surface area contributed by atoms with Gasteiger partial charge in [-0.1, -0.05) is 16.9 Å². The molecule has 0 fully saturated rings. The molecule has 4 aromatic rings. The molecule has 4 rings (SSSR count). The van der Waals surface area contributed by atoms with Gasteiger partial charge in [-0.25, -0.2) is 9.78 Å². The Morgan fingerprint density at radius 3 is 2.81 bits per heavy atom. The molecule has 1 amide bonds. The maximum absolute atomic E-state index is 13.2. The van der Waals surface area contributed by atoms with Gasteiger partial charge in [0.25, 0.3) is 5.56 Å². The highest BCUT2D eigenvalue weighted by atomic mass is 32.2. The minimum atomic E-state index is -0.537. The third-order valence-electron chi connectivity index (χ3n) is 4.27. The fourth-order valence-corrected chi connectivity index (χ4v) is 3.64. The first-order valence-electron chi connectivity index (χ1n) is 9.03. The van der Waals surface area contributed by atoms with E-state index in [9.17, 15) is 14.4 Å². The van der Waals surface area contributed by atoms with Gasteiger partial charge in [-0.15, -0.1) is 0 Å². The summed E-state index contributed by atoms with van der Waals surface area (Å²) in [5.74, 6) is -0.0681. The Kier molecular flexibility index (Phi) is 5.85. The first-order chi connectivity index (χ1) is 15.0. The van der Waals surface area contributed by atoms with Gasteiger partial charge in [0.15, 0.2) is 11.0 Å². The standard InChI is InChI=1S/C20H16N4O6S/c1-28-19(27)12-4-5-14-15(9-12)21-20(24(18(14)26)10-13-3-2-7-29-13)31-11-17(25)22-16-6-8-30-23-16/h2-9H,10-11H2,1H3,(H,22,23,25). The predicted molar refractivity (Wildman–Crippen MR) is 111 cm³/mol. The Morgan fingerprint density at radius 1 is 1.23 bits per heavy atom. The molecule has 0 spiro atoms. The summed E-state index contributed by atoms with van der Waals surface area (Å²) in [6.07, 6.45) is 2.85. The normalized spacial score (nSPS) is 10.9. The van der Waals surface area contributed by atoms with Crippen LogP contribution in [0.3, 0.4) is 0 Å². The minimum Gasteiger partial charge on any atom is -0.467 e. The average molecular weight is 440 g/mol. The summed E-state index contributed by atoms with van der Waals surface area (Å²) in [7, 11) is 1.27. The Labute approximate surface area is 179 Å². The van der Waals surface area contributed by atoms with Gasteiger partial charge in [0.1, 0.15) is 12.0 Å². The number of carbonyl (C=O) groups excluding carboxylic acids is 2. The molecule has 3 heterocycles. The van der Waals surface area contributed by atoms with Gasteiger partial charge in [-0.3, -0.25) is 14.2 Å². The van der Waals surface area contributed by atoms with Gasteiger partial charge in [-0.2, -0.15) is 0 Å². The van der Waals surface area contributed by atoms with E-state index in [1.807, 2.05) is 0 Å². The summed E-state index contributed by atoms with van der Waals surface area (Å²) in [6, 6.07) is 9.49. The van der Waals surface area contributed by atoms with Gasteiger partial charge >= 0.3 is 5.97 Å². The number of hydrogen-bond acceptors (Lipinski definition) is 9. The largest absolute Gasteiger partial charge is 0.467 e. The molecule has 0 unspecified atom stereocenters. The Morgan fingerprint density at radius 2 is 2.10 bits per heavy atom. The minimum absolute atomic E-state index is 0.0281. The molecule has 0 aliphatic carbocycles. The number of amides is 1. The van der Waals surface area contributed by atoms with Gasteiger partial charge < -0.3 is 19.0 Å². The Bertz CT molecular complexity index is 1280. The van der Waals surface area contributed by atoms with Crippen molar-refractivity contribution in [3.05, 3.63) is 70.6 Å². The molecule has 0 aliphatic heterocycles. The lowest BCUT2D eigenvalue weighted by atomic mass is 10.1. The molecule has 0 saturated heterocycles. The van der Waals surface area contributed by atoms with Crippen LogP contribution in [-0.2, 0) is 16.1 Å². The zero-order valence-corrected chi connectivity index (χ0v) is 17.0. The molecule has 1 N–H and O–H groups in total. The second-order valence-electron chi connectivity index (χ2n) is 6.31. The number of methoxy groups -OCH3 is 1. The second kappa shape index (κ2) is 8.88. The number of rotatable bonds is 7. The van der Waals surface area contributed by atoms with Crippen molar-refractivity contribution in [2.75, 3.05) is 18.2 Å². The third-order valence-corrected chi connectivity index (χ3v) is 5.25. The van der Waals surface area contributed by atoms with Crippen LogP contribution >= 0.6 is 11.8 Å². The van der Waals surface area contributed by atoms with Crippen LogP contribution in [0.5, 0.6) is 0 Å². The number of furan rings is 1. The van der Waals surface area contributed by atoms with Crippen LogP contribution in [0.2, 0.25) is 0 Å². The first kappa shape index (κ1) is 20.4. The zero-order chi connectivity index (χ0) is 21.8. The van der Waals surface area contributed by atoms with Crippen LogP contribution in [0.4, 0.5) is 5.82 Å². The number of nitrogens with one attached hydrogen (secondary N) is 1. The van der Waals surface area contributed by atoms with E-state index < -0.39 is 5.97 Å². The lowest BCUT2D eigenvalue weighted by molar-refractivity contribution is -0.113. The van der Waals surface area contributed by atoms with E-state index in [1.165, 1.54) is 48.5 Å². The van der Waals surface area contributed by atoms with Crippen molar-refractivity contribution in [2.24, 2.45) is 0 Å². The topological polar surface area (TPSA) is 129 Å². The highest BCUT2D eigenvalue weighted by molar-refractivity contribution is 7.99. The molecule has 0 aliphatic rings. The van der Waals surface area contributed by atoms with Gasteiger partial charge in [0, 0.05) is 6.07 Å². The summed E-state index contributed by atoms with van der Waals surface area (Å²) in [4.78, 5) is 41.8. The number of hydrogen-bond donors (Lipinski definition) is 1. The van der Waals surface area contributed by atoms with Crippen LogP contribution in [0.15, 0.2) is 67.8 Å².